The van der Waals surface area contributed by atoms with E-state index < -0.39 is 10.0 Å². The van der Waals surface area contributed by atoms with Crippen molar-refractivity contribution in [2.24, 2.45) is 11.1 Å². The SMILES string of the molecule is NS(=O)(=O)CC1CC(=O)N(CCc2cccs2)C1. The second-order valence-electron chi connectivity index (χ2n) is 4.57. The van der Waals surface area contributed by atoms with Crippen molar-refractivity contribution in [2.45, 2.75) is 12.8 Å². The molecule has 0 spiro atoms. The fourth-order valence-electron chi connectivity index (χ4n) is 2.21. The maximum atomic E-state index is 11.7. The number of sulfonamides is 1. The summed E-state index contributed by atoms with van der Waals surface area (Å²) in [5.74, 6) is -0.232. The number of hydrogen-bond acceptors (Lipinski definition) is 4. The lowest BCUT2D eigenvalue weighted by atomic mass is 10.1. The molecule has 2 heterocycles. The van der Waals surface area contributed by atoms with Gasteiger partial charge in [0.05, 0.1) is 5.75 Å². The summed E-state index contributed by atoms with van der Waals surface area (Å²) < 4.78 is 22.0. The van der Waals surface area contributed by atoms with Crippen molar-refractivity contribution in [1.29, 1.82) is 0 Å². The van der Waals surface area contributed by atoms with Gasteiger partial charge < -0.3 is 4.90 Å². The van der Waals surface area contributed by atoms with Gasteiger partial charge >= 0.3 is 0 Å². The van der Waals surface area contributed by atoms with Gasteiger partial charge in [0, 0.05) is 30.3 Å². The Hall–Kier alpha value is -0.920. The molecule has 0 radical (unpaired) electrons. The standard InChI is InChI=1S/C11H16N2O3S2/c12-18(15,16)8-9-6-11(14)13(7-9)4-3-10-2-1-5-17-10/h1-2,5,9H,3-4,6-8H2,(H2,12,15,16). The summed E-state index contributed by atoms with van der Waals surface area (Å²) in [5.41, 5.74) is 0. The van der Waals surface area contributed by atoms with Gasteiger partial charge in [-0.15, -0.1) is 11.3 Å². The molecular weight excluding hydrogens is 272 g/mol. The molecule has 0 aliphatic carbocycles. The quantitative estimate of drug-likeness (QED) is 0.853. The van der Waals surface area contributed by atoms with Crippen LogP contribution in [0.15, 0.2) is 17.5 Å². The van der Waals surface area contributed by atoms with Gasteiger partial charge in [0.1, 0.15) is 0 Å². The molecule has 1 aromatic heterocycles. The molecule has 1 aliphatic rings. The minimum absolute atomic E-state index is 0.0280. The number of hydrogen-bond donors (Lipinski definition) is 1. The number of likely N-dealkylation sites (tertiary alicyclic amines) is 1. The largest absolute Gasteiger partial charge is 0.342 e. The lowest BCUT2D eigenvalue weighted by molar-refractivity contribution is -0.127. The second-order valence-corrected chi connectivity index (χ2v) is 7.26. The fourth-order valence-corrected chi connectivity index (χ4v) is 3.79. The maximum absolute atomic E-state index is 11.7. The molecule has 5 nitrogen and oxygen atoms in total. The molecule has 7 heteroatoms. The topological polar surface area (TPSA) is 80.5 Å². The zero-order chi connectivity index (χ0) is 13.2. The Balaban J connectivity index is 1.86. The van der Waals surface area contributed by atoms with Gasteiger partial charge in [0.2, 0.25) is 15.9 Å². The van der Waals surface area contributed by atoms with Crippen LogP contribution in [-0.2, 0) is 21.2 Å². The molecule has 1 amide bonds. The van der Waals surface area contributed by atoms with Gasteiger partial charge in [0.25, 0.3) is 0 Å². The first-order valence-electron chi connectivity index (χ1n) is 5.74. The van der Waals surface area contributed by atoms with Gasteiger partial charge in [-0.3, -0.25) is 4.79 Å². The van der Waals surface area contributed by atoms with Crippen LogP contribution in [0, 0.1) is 5.92 Å². The van der Waals surface area contributed by atoms with Crippen molar-refractivity contribution < 1.29 is 13.2 Å². The molecule has 2 N–H and O–H groups in total. The van der Waals surface area contributed by atoms with Crippen molar-refractivity contribution in [3.63, 3.8) is 0 Å². The Morgan fingerprint density at radius 1 is 1.50 bits per heavy atom. The van der Waals surface area contributed by atoms with Gasteiger partial charge in [-0.2, -0.15) is 0 Å². The number of primary sulfonamides is 1. The third-order valence-electron chi connectivity index (χ3n) is 2.97. The molecule has 18 heavy (non-hydrogen) atoms. The summed E-state index contributed by atoms with van der Waals surface area (Å²) in [7, 11) is -3.49. The molecule has 1 aliphatic heterocycles. The number of rotatable bonds is 5. The molecule has 0 aromatic carbocycles. The van der Waals surface area contributed by atoms with Gasteiger partial charge in [-0.05, 0) is 17.9 Å². The molecule has 1 unspecified atom stereocenters. The van der Waals surface area contributed by atoms with Crippen LogP contribution in [0.25, 0.3) is 0 Å². The lowest BCUT2D eigenvalue weighted by Gasteiger charge is -2.15. The highest BCUT2D eigenvalue weighted by molar-refractivity contribution is 7.89. The van der Waals surface area contributed by atoms with Crippen molar-refractivity contribution in [3.05, 3.63) is 22.4 Å². The summed E-state index contributed by atoms with van der Waals surface area (Å²) in [6, 6.07) is 4.02. The van der Waals surface area contributed by atoms with E-state index in [9.17, 15) is 13.2 Å². The Kier molecular flexibility index (Phi) is 4.04. The zero-order valence-electron chi connectivity index (χ0n) is 9.91. The average molecular weight is 288 g/mol. The molecule has 1 atom stereocenters. The van der Waals surface area contributed by atoms with Crippen LogP contribution >= 0.6 is 11.3 Å². The maximum Gasteiger partial charge on any atom is 0.222 e. The highest BCUT2D eigenvalue weighted by Gasteiger charge is 2.31. The molecule has 1 aromatic rings. The molecule has 1 fully saturated rings. The number of nitrogens with zero attached hydrogens (tertiary/aromatic N) is 1. The number of thiophene rings is 1. The molecule has 0 saturated carbocycles. The van der Waals surface area contributed by atoms with E-state index in [2.05, 4.69) is 0 Å². The number of amides is 1. The van der Waals surface area contributed by atoms with Crippen LogP contribution in [-0.4, -0.2) is 38.1 Å². The highest BCUT2D eigenvalue weighted by Crippen LogP contribution is 2.20. The van der Waals surface area contributed by atoms with Crippen molar-refractivity contribution in [1.82, 2.24) is 4.90 Å². The Labute approximate surface area is 111 Å². The van der Waals surface area contributed by atoms with E-state index in [0.717, 1.165) is 6.42 Å². The second kappa shape index (κ2) is 5.38. The first-order chi connectivity index (χ1) is 8.44. The Morgan fingerprint density at radius 3 is 2.89 bits per heavy atom. The summed E-state index contributed by atoms with van der Waals surface area (Å²) in [5, 5.41) is 7.01. The molecule has 0 bridgehead atoms. The van der Waals surface area contributed by atoms with Crippen LogP contribution in [0.3, 0.4) is 0 Å². The third kappa shape index (κ3) is 3.79. The minimum atomic E-state index is -3.49. The van der Waals surface area contributed by atoms with E-state index in [1.807, 2.05) is 17.5 Å². The predicted molar refractivity (Wildman–Crippen MR) is 70.7 cm³/mol. The lowest BCUT2D eigenvalue weighted by Crippen LogP contribution is -2.29. The fraction of sp³-hybridized carbons (Fsp3) is 0.545. The average Bonchev–Trinajstić information content (AvgIpc) is 2.83. The van der Waals surface area contributed by atoms with Crippen molar-refractivity contribution >= 4 is 27.3 Å². The summed E-state index contributed by atoms with van der Waals surface area (Å²) in [6.07, 6.45) is 1.12. The zero-order valence-corrected chi connectivity index (χ0v) is 11.5. The third-order valence-corrected chi connectivity index (χ3v) is 4.84. The van der Waals surface area contributed by atoms with Gasteiger partial charge in [-0.25, -0.2) is 13.6 Å². The van der Waals surface area contributed by atoms with Gasteiger partial charge in [0.15, 0.2) is 0 Å². The van der Waals surface area contributed by atoms with Crippen molar-refractivity contribution in [2.75, 3.05) is 18.8 Å². The normalized spacial score (nSPS) is 20.6. The van der Waals surface area contributed by atoms with E-state index in [1.54, 1.807) is 16.2 Å². The van der Waals surface area contributed by atoms with Crippen LogP contribution in [0.4, 0.5) is 0 Å². The highest BCUT2D eigenvalue weighted by atomic mass is 32.2. The molecule has 1 saturated heterocycles. The predicted octanol–water partition coefficient (Wildman–Crippen LogP) is 0.428. The van der Waals surface area contributed by atoms with E-state index in [4.69, 9.17) is 5.14 Å². The first-order valence-corrected chi connectivity index (χ1v) is 8.34. The molecular formula is C11H16N2O3S2. The van der Waals surface area contributed by atoms with Crippen LogP contribution < -0.4 is 5.14 Å². The van der Waals surface area contributed by atoms with Crippen LogP contribution in [0.2, 0.25) is 0 Å². The number of carbonyl (C=O) groups is 1. The van der Waals surface area contributed by atoms with E-state index in [1.165, 1.54) is 4.88 Å². The Bertz CT molecular complexity index is 510. The number of carbonyl (C=O) groups excluding carboxylic acids is 1. The minimum Gasteiger partial charge on any atom is -0.342 e. The van der Waals surface area contributed by atoms with Crippen LogP contribution in [0.1, 0.15) is 11.3 Å². The van der Waals surface area contributed by atoms with E-state index >= 15 is 0 Å². The summed E-state index contributed by atoms with van der Waals surface area (Å²) in [6.45, 7) is 1.15. The molecule has 100 valence electrons. The van der Waals surface area contributed by atoms with E-state index in [-0.39, 0.29) is 17.6 Å². The molecule has 2 rings (SSSR count). The first kappa shape index (κ1) is 13.5. The summed E-state index contributed by atoms with van der Waals surface area (Å²) >= 11 is 1.66. The Morgan fingerprint density at radius 2 is 2.28 bits per heavy atom. The van der Waals surface area contributed by atoms with Crippen molar-refractivity contribution in [3.8, 4) is 0 Å². The van der Waals surface area contributed by atoms with Gasteiger partial charge in [-0.1, -0.05) is 6.07 Å². The monoisotopic (exact) mass is 288 g/mol. The number of nitrogens with two attached hydrogens (primary N) is 1. The van der Waals surface area contributed by atoms with Crippen LogP contribution in [0.5, 0.6) is 0 Å². The van der Waals surface area contributed by atoms with E-state index in [0.29, 0.717) is 19.5 Å². The smallest absolute Gasteiger partial charge is 0.222 e. The summed E-state index contributed by atoms with van der Waals surface area (Å²) in [4.78, 5) is 14.7.